The molecule has 0 N–H and O–H groups in total. The minimum Gasteiger partial charge on any atom is -0.0871 e. The molecule has 0 atom stereocenters. The van der Waals surface area contributed by atoms with Crippen molar-refractivity contribution in [3.8, 4) is 22.3 Å². The highest BCUT2D eigenvalue weighted by Crippen LogP contribution is 2.26. The Balaban J connectivity index is 0.000000921. The molecule has 0 fully saturated rings. The molecular weight excluding hydrogens is 336 g/mol. The highest BCUT2D eigenvalue weighted by Gasteiger charge is 2.02. The van der Waals surface area contributed by atoms with Crippen LogP contribution >= 0.6 is 0 Å². The Labute approximate surface area is 172 Å². The smallest absolute Gasteiger partial charge is 0.0184 e. The largest absolute Gasteiger partial charge is 0.0871 e. The SMILES string of the molecule is C/C=C\C(=C/C)c1ccc(-c2ccc(-c3ccccc3)cc2)cc1.CC.CC. The molecule has 0 aromatic heterocycles. The summed E-state index contributed by atoms with van der Waals surface area (Å²) >= 11 is 0. The van der Waals surface area contributed by atoms with Crippen LogP contribution in [-0.2, 0) is 0 Å². The summed E-state index contributed by atoms with van der Waals surface area (Å²) < 4.78 is 0. The number of benzene rings is 3. The third-order valence-corrected chi connectivity index (χ3v) is 4.20. The Morgan fingerprint density at radius 3 is 1.32 bits per heavy atom. The van der Waals surface area contributed by atoms with E-state index in [2.05, 4.69) is 97.9 Å². The molecule has 0 aliphatic rings. The molecule has 0 bridgehead atoms. The summed E-state index contributed by atoms with van der Waals surface area (Å²) in [7, 11) is 0. The van der Waals surface area contributed by atoms with Crippen LogP contribution in [-0.4, -0.2) is 0 Å². The summed E-state index contributed by atoms with van der Waals surface area (Å²) in [5, 5.41) is 0. The number of rotatable bonds is 4. The number of allylic oxidation sites excluding steroid dienone is 4. The van der Waals surface area contributed by atoms with Crippen LogP contribution < -0.4 is 0 Å². The van der Waals surface area contributed by atoms with E-state index in [1.165, 1.54) is 33.4 Å². The van der Waals surface area contributed by atoms with Crippen molar-refractivity contribution in [2.75, 3.05) is 0 Å². The van der Waals surface area contributed by atoms with E-state index in [-0.39, 0.29) is 0 Å². The van der Waals surface area contributed by atoms with Crippen LogP contribution in [0.3, 0.4) is 0 Å². The Morgan fingerprint density at radius 1 is 0.536 bits per heavy atom. The molecule has 0 nitrogen and oxygen atoms in total. The molecule has 0 heteroatoms. The van der Waals surface area contributed by atoms with Gasteiger partial charge in [-0.2, -0.15) is 0 Å². The van der Waals surface area contributed by atoms with Crippen molar-refractivity contribution >= 4 is 5.57 Å². The van der Waals surface area contributed by atoms with E-state index in [9.17, 15) is 0 Å². The van der Waals surface area contributed by atoms with Gasteiger partial charge in [0.25, 0.3) is 0 Å². The van der Waals surface area contributed by atoms with Gasteiger partial charge < -0.3 is 0 Å². The fourth-order valence-electron chi connectivity index (χ4n) is 2.88. The maximum absolute atomic E-state index is 2.19. The zero-order valence-electron chi connectivity index (χ0n) is 18.2. The van der Waals surface area contributed by atoms with Gasteiger partial charge in [-0.05, 0) is 47.2 Å². The monoisotopic (exact) mass is 370 g/mol. The van der Waals surface area contributed by atoms with Crippen molar-refractivity contribution in [3.05, 3.63) is 103 Å². The molecule has 0 spiro atoms. The summed E-state index contributed by atoms with van der Waals surface area (Å²) in [5.41, 5.74) is 7.50. The van der Waals surface area contributed by atoms with E-state index in [0.717, 1.165) is 0 Å². The summed E-state index contributed by atoms with van der Waals surface area (Å²) in [4.78, 5) is 0. The molecule has 0 radical (unpaired) electrons. The average Bonchev–Trinajstić information content (AvgIpc) is 2.81. The third kappa shape index (κ3) is 6.39. The minimum atomic E-state index is 1.24. The van der Waals surface area contributed by atoms with E-state index in [1.54, 1.807) is 0 Å². The van der Waals surface area contributed by atoms with Crippen LogP contribution in [0.2, 0.25) is 0 Å². The maximum atomic E-state index is 2.19. The van der Waals surface area contributed by atoms with Gasteiger partial charge in [-0.15, -0.1) is 0 Å². The highest BCUT2D eigenvalue weighted by atomic mass is 14.1. The summed E-state index contributed by atoms with van der Waals surface area (Å²) in [5.74, 6) is 0. The van der Waals surface area contributed by atoms with Gasteiger partial charge in [-0.1, -0.05) is 125 Å². The molecule has 0 unspecified atom stereocenters. The van der Waals surface area contributed by atoms with Gasteiger partial charge in [-0.25, -0.2) is 0 Å². The first kappa shape index (κ1) is 23.2. The normalized spacial score (nSPS) is 10.6. The minimum absolute atomic E-state index is 1.24. The molecule has 0 heterocycles. The second-order valence-corrected chi connectivity index (χ2v) is 5.76. The molecule has 146 valence electrons. The predicted molar refractivity (Wildman–Crippen MR) is 128 cm³/mol. The van der Waals surface area contributed by atoms with Gasteiger partial charge in [0.1, 0.15) is 0 Å². The molecule has 0 aliphatic heterocycles. The van der Waals surface area contributed by atoms with Crippen molar-refractivity contribution in [2.24, 2.45) is 0 Å². The van der Waals surface area contributed by atoms with E-state index >= 15 is 0 Å². The van der Waals surface area contributed by atoms with Gasteiger partial charge in [0, 0.05) is 0 Å². The lowest BCUT2D eigenvalue weighted by atomic mass is 9.98. The first-order chi connectivity index (χ1) is 13.8. The standard InChI is InChI=1S/C24H22.2C2H6/c1-3-8-19(4-2)21-11-13-23(14-12-21)24-17-15-22(16-18-24)20-9-6-5-7-10-20;2*1-2/h3-18H,1-2H3;2*1-2H3/b8-3-,19-4+;;. The Morgan fingerprint density at radius 2 is 0.929 bits per heavy atom. The van der Waals surface area contributed by atoms with E-state index in [0.29, 0.717) is 0 Å². The fourth-order valence-corrected chi connectivity index (χ4v) is 2.88. The number of hydrogen-bond donors (Lipinski definition) is 0. The first-order valence-corrected chi connectivity index (χ1v) is 10.4. The molecule has 0 aliphatic carbocycles. The maximum Gasteiger partial charge on any atom is -0.0184 e. The van der Waals surface area contributed by atoms with Crippen LogP contribution in [0.15, 0.2) is 97.1 Å². The van der Waals surface area contributed by atoms with E-state index in [4.69, 9.17) is 0 Å². The highest BCUT2D eigenvalue weighted by molar-refractivity contribution is 5.76. The fraction of sp³-hybridized carbons (Fsp3) is 0.214. The average molecular weight is 371 g/mol. The van der Waals surface area contributed by atoms with Crippen LogP contribution in [0.5, 0.6) is 0 Å². The lowest BCUT2D eigenvalue weighted by Crippen LogP contribution is -1.83. The molecule has 0 saturated heterocycles. The van der Waals surface area contributed by atoms with Crippen LogP contribution in [0.1, 0.15) is 47.1 Å². The number of hydrogen-bond acceptors (Lipinski definition) is 0. The van der Waals surface area contributed by atoms with E-state index in [1.807, 2.05) is 40.7 Å². The molecular formula is C28H34. The molecule has 0 saturated carbocycles. The lowest BCUT2D eigenvalue weighted by Gasteiger charge is -2.07. The van der Waals surface area contributed by atoms with Gasteiger partial charge in [-0.3, -0.25) is 0 Å². The van der Waals surface area contributed by atoms with Crippen molar-refractivity contribution in [3.63, 3.8) is 0 Å². The van der Waals surface area contributed by atoms with Gasteiger partial charge in [0.05, 0.1) is 0 Å². The lowest BCUT2D eigenvalue weighted by molar-refractivity contribution is 1.50. The van der Waals surface area contributed by atoms with Crippen molar-refractivity contribution in [1.29, 1.82) is 0 Å². The zero-order valence-corrected chi connectivity index (χ0v) is 18.2. The molecule has 28 heavy (non-hydrogen) atoms. The first-order valence-electron chi connectivity index (χ1n) is 10.4. The Bertz CT molecular complexity index is 833. The summed E-state index contributed by atoms with van der Waals surface area (Å²) in [6.07, 6.45) is 6.36. The van der Waals surface area contributed by atoms with Crippen LogP contribution in [0.25, 0.3) is 27.8 Å². The summed E-state index contributed by atoms with van der Waals surface area (Å²) in [6, 6.07) is 28.0. The van der Waals surface area contributed by atoms with Crippen molar-refractivity contribution in [1.82, 2.24) is 0 Å². The van der Waals surface area contributed by atoms with Crippen LogP contribution in [0, 0.1) is 0 Å². The molecule has 0 amide bonds. The Kier molecular flexibility index (Phi) is 11.0. The van der Waals surface area contributed by atoms with Crippen molar-refractivity contribution < 1.29 is 0 Å². The second-order valence-electron chi connectivity index (χ2n) is 5.76. The third-order valence-electron chi connectivity index (χ3n) is 4.20. The summed E-state index contributed by atoms with van der Waals surface area (Å²) in [6.45, 7) is 12.1. The van der Waals surface area contributed by atoms with Gasteiger partial charge in [0.2, 0.25) is 0 Å². The van der Waals surface area contributed by atoms with Crippen LogP contribution in [0.4, 0.5) is 0 Å². The van der Waals surface area contributed by atoms with Crippen molar-refractivity contribution in [2.45, 2.75) is 41.5 Å². The Hall–Kier alpha value is -2.86. The van der Waals surface area contributed by atoms with Gasteiger partial charge >= 0.3 is 0 Å². The molecule has 3 rings (SSSR count). The topological polar surface area (TPSA) is 0 Å². The van der Waals surface area contributed by atoms with Gasteiger partial charge in [0.15, 0.2) is 0 Å². The molecule has 3 aromatic carbocycles. The predicted octanol–water partition coefficient (Wildman–Crippen LogP) is 9.05. The second kappa shape index (κ2) is 13.3. The quantitative estimate of drug-likeness (QED) is 0.402. The zero-order chi connectivity index (χ0) is 20.8. The molecule has 3 aromatic rings. The van der Waals surface area contributed by atoms with E-state index < -0.39 is 0 Å².